The largest absolute Gasteiger partial charge is 0.414 e. The lowest BCUT2D eigenvalue weighted by Gasteiger charge is -2.18. The van der Waals surface area contributed by atoms with Crippen LogP contribution in [0.2, 0.25) is 0 Å². The fourth-order valence-electron chi connectivity index (χ4n) is 1.37. The minimum atomic E-state index is -0.394. The summed E-state index contributed by atoms with van der Waals surface area (Å²) in [7, 11) is 3.91. The highest BCUT2D eigenvalue weighted by molar-refractivity contribution is 8.00. The summed E-state index contributed by atoms with van der Waals surface area (Å²) in [4.78, 5) is 12.9. The number of amides is 1. The van der Waals surface area contributed by atoms with Gasteiger partial charge in [0.1, 0.15) is 0 Å². The number of nitrogens with zero attached hydrogens (tertiary/aromatic N) is 3. The first-order valence-electron chi connectivity index (χ1n) is 5.41. The molecule has 0 aliphatic carbocycles. The van der Waals surface area contributed by atoms with E-state index in [1.54, 1.807) is 6.92 Å². The Balaban J connectivity index is 2.74. The van der Waals surface area contributed by atoms with Crippen LogP contribution in [0.25, 0.3) is 0 Å². The zero-order valence-electron chi connectivity index (χ0n) is 10.5. The second-order valence-electron chi connectivity index (χ2n) is 3.96. The molecule has 0 aliphatic heterocycles. The molecule has 0 aromatic carbocycles. The van der Waals surface area contributed by atoms with Gasteiger partial charge in [0, 0.05) is 0 Å². The van der Waals surface area contributed by atoms with E-state index in [0.29, 0.717) is 11.1 Å². The molecule has 0 saturated heterocycles. The van der Waals surface area contributed by atoms with Gasteiger partial charge < -0.3 is 10.2 Å². The Bertz CT molecular complexity index is 380. The monoisotopic (exact) mass is 258 g/mol. The van der Waals surface area contributed by atoms with E-state index in [0.717, 1.165) is 6.42 Å². The van der Waals surface area contributed by atoms with Crippen molar-refractivity contribution in [1.29, 1.82) is 0 Å². The Hall–Kier alpha value is -1.08. The minimum Gasteiger partial charge on any atom is -0.414 e. The molecule has 2 N–H and O–H groups in total. The lowest BCUT2D eigenvalue weighted by molar-refractivity contribution is -0.117. The average Bonchev–Trinajstić information content (AvgIpc) is 2.66. The molecule has 1 heterocycles. The third-order valence-electron chi connectivity index (χ3n) is 2.40. The van der Waals surface area contributed by atoms with Gasteiger partial charge in [-0.25, -0.2) is 0 Å². The first kappa shape index (κ1) is 14.0. The van der Waals surface area contributed by atoms with Gasteiger partial charge in [0.25, 0.3) is 5.22 Å². The number of nitrogens with two attached hydrogens (primary N) is 1. The summed E-state index contributed by atoms with van der Waals surface area (Å²) in [6.07, 6.45) is 0.880. The Morgan fingerprint density at radius 2 is 2.18 bits per heavy atom. The zero-order valence-corrected chi connectivity index (χ0v) is 11.3. The molecule has 0 unspecified atom stereocenters. The van der Waals surface area contributed by atoms with Gasteiger partial charge in [0.2, 0.25) is 11.8 Å². The van der Waals surface area contributed by atoms with E-state index in [2.05, 4.69) is 10.2 Å². The second kappa shape index (κ2) is 6.02. The van der Waals surface area contributed by atoms with Crippen molar-refractivity contribution in [2.45, 2.75) is 36.8 Å². The fraction of sp³-hybridized carbons (Fsp3) is 0.700. The summed E-state index contributed by atoms with van der Waals surface area (Å²) >= 11 is 1.18. The third kappa shape index (κ3) is 3.71. The van der Waals surface area contributed by atoms with Crippen LogP contribution in [0.1, 0.15) is 32.2 Å². The molecule has 0 saturated carbocycles. The van der Waals surface area contributed by atoms with Crippen LogP contribution < -0.4 is 5.73 Å². The Morgan fingerprint density at radius 1 is 1.53 bits per heavy atom. The summed E-state index contributed by atoms with van der Waals surface area (Å²) in [5.74, 6) is 0.172. The molecule has 0 fully saturated rings. The number of hydrogen-bond donors (Lipinski definition) is 1. The van der Waals surface area contributed by atoms with Crippen LogP contribution in [0.5, 0.6) is 0 Å². The van der Waals surface area contributed by atoms with E-state index in [1.165, 1.54) is 11.8 Å². The lowest BCUT2D eigenvalue weighted by Crippen LogP contribution is -2.22. The van der Waals surface area contributed by atoms with Gasteiger partial charge in [0.05, 0.1) is 11.3 Å². The molecule has 1 rings (SSSR count). The molecule has 96 valence electrons. The maximum absolute atomic E-state index is 10.9. The number of carbonyl (C=O) groups excluding carboxylic acids is 1. The van der Waals surface area contributed by atoms with E-state index in [9.17, 15) is 4.79 Å². The molecule has 1 aromatic heterocycles. The van der Waals surface area contributed by atoms with E-state index in [-0.39, 0.29) is 11.3 Å². The van der Waals surface area contributed by atoms with E-state index in [4.69, 9.17) is 10.2 Å². The summed E-state index contributed by atoms with van der Waals surface area (Å²) in [5.41, 5.74) is 5.17. The van der Waals surface area contributed by atoms with Crippen LogP contribution in [-0.4, -0.2) is 40.3 Å². The number of aromatic nitrogens is 2. The van der Waals surface area contributed by atoms with Crippen LogP contribution in [0.3, 0.4) is 0 Å². The number of carbonyl (C=O) groups is 1. The van der Waals surface area contributed by atoms with Crippen molar-refractivity contribution in [2.24, 2.45) is 5.73 Å². The maximum atomic E-state index is 10.9. The molecular weight excluding hydrogens is 240 g/mol. The lowest BCUT2D eigenvalue weighted by atomic mass is 10.2. The summed E-state index contributed by atoms with van der Waals surface area (Å²) in [6, 6.07) is 0.0979. The molecule has 0 radical (unpaired) electrons. The summed E-state index contributed by atoms with van der Waals surface area (Å²) < 4.78 is 5.51. The van der Waals surface area contributed by atoms with Crippen molar-refractivity contribution in [3.05, 3.63) is 5.89 Å². The molecule has 0 aliphatic rings. The standard InChI is InChI=1S/C10H18N4O2S/c1-5-7(14(3)4)9-12-13-10(16-9)17-6(2)8(11)15/h6-7H,5H2,1-4H3,(H2,11,15)/t6-,7-/m1/s1. The van der Waals surface area contributed by atoms with E-state index < -0.39 is 5.91 Å². The van der Waals surface area contributed by atoms with Gasteiger partial charge in [-0.1, -0.05) is 18.7 Å². The number of rotatable bonds is 6. The number of thioether (sulfide) groups is 1. The third-order valence-corrected chi connectivity index (χ3v) is 3.35. The summed E-state index contributed by atoms with van der Waals surface area (Å²) in [5, 5.41) is 7.90. The van der Waals surface area contributed by atoms with Gasteiger partial charge in [0.15, 0.2) is 0 Å². The summed E-state index contributed by atoms with van der Waals surface area (Å²) in [6.45, 7) is 3.76. The number of hydrogen-bond acceptors (Lipinski definition) is 6. The smallest absolute Gasteiger partial charge is 0.277 e. The van der Waals surface area contributed by atoms with Gasteiger partial charge >= 0.3 is 0 Å². The normalized spacial score (nSPS) is 14.9. The van der Waals surface area contributed by atoms with Crippen molar-refractivity contribution < 1.29 is 9.21 Å². The minimum absolute atomic E-state index is 0.0979. The molecular formula is C10H18N4O2S. The topological polar surface area (TPSA) is 85.2 Å². The Morgan fingerprint density at radius 3 is 2.65 bits per heavy atom. The average molecular weight is 258 g/mol. The molecule has 7 heteroatoms. The Kier molecular flexibility index (Phi) is 4.95. The van der Waals surface area contributed by atoms with Crippen LogP contribution in [0, 0.1) is 0 Å². The van der Waals surface area contributed by atoms with Crippen molar-refractivity contribution in [2.75, 3.05) is 14.1 Å². The quantitative estimate of drug-likeness (QED) is 0.768. The van der Waals surface area contributed by atoms with Crippen molar-refractivity contribution in [1.82, 2.24) is 15.1 Å². The molecule has 2 atom stereocenters. The van der Waals surface area contributed by atoms with Crippen LogP contribution in [-0.2, 0) is 4.79 Å². The predicted octanol–water partition coefficient (Wildman–Crippen LogP) is 1.05. The highest BCUT2D eigenvalue weighted by Crippen LogP contribution is 2.26. The van der Waals surface area contributed by atoms with Gasteiger partial charge in [-0.15, -0.1) is 10.2 Å². The molecule has 1 amide bonds. The van der Waals surface area contributed by atoms with Crippen molar-refractivity contribution in [3.63, 3.8) is 0 Å². The maximum Gasteiger partial charge on any atom is 0.277 e. The van der Waals surface area contributed by atoms with E-state index in [1.807, 2.05) is 25.9 Å². The van der Waals surface area contributed by atoms with Crippen molar-refractivity contribution in [3.8, 4) is 0 Å². The first-order chi connectivity index (χ1) is 7.95. The molecule has 0 spiro atoms. The molecule has 0 bridgehead atoms. The second-order valence-corrected chi connectivity index (χ2v) is 5.25. The van der Waals surface area contributed by atoms with Gasteiger partial charge in [-0.2, -0.15) is 0 Å². The predicted molar refractivity (Wildman–Crippen MR) is 65.5 cm³/mol. The van der Waals surface area contributed by atoms with Crippen LogP contribution in [0.4, 0.5) is 0 Å². The first-order valence-corrected chi connectivity index (χ1v) is 6.29. The highest BCUT2D eigenvalue weighted by atomic mass is 32.2. The van der Waals surface area contributed by atoms with Crippen LogP contribution >= 0.6 is 11.8 Å². The molecule has 1 aromatic rings. The molecule has 6 nitrogen and oxygen atoms in total. The van der Waals surface area contributed by atoms with Crippen LogP contribution in [0.15, 0.2) is 9.64 Å². The zero-order chi connectivity index (χ0) is 13.0. The Labute approximate surface area is 105 Å². The number of primary amides is 1. The van der Waals surface area contributed by atoms with Gasteiger partial charge in [-0.05, 0) is 27.4 Å². The molecule has 17 heavy (non-hydrogen) atoms. The fourth-order valence-corrected chi connectivity index (χ4v) is 2.01. The van der Waals surface area contributed by atoms with Crippen molar-refractivity contribution >= 4 is 17.7 Å². The van der Waals surface area contributed by atoms with E-state index >= 15 is 0 Å². The highest BCUT2D eigenvalue weighted by Gasteiger charge is 2.21. The van der Waals surface area contributed by atoms with Gasteiger partial charge in [-0.3, -0.25) is 9.69 Å². The SMILES string of the molecule is CC[C@H](c1nnc(S[C@H](C)C(N)=O)o1)N(C)C.